The summed E-state index contributed by atoms with van der Waals surface area (Å²) in [5.41, 5.74) is 2.01. The highest BCUT2D eigenvalue weighted by molar-refractivity contribution is 7.85. The predicted molar refractivity (Wildman–Crippen MR) is 151 cm³/mol. The molecule has 0 aliphatic heterocycles. The fraction of sp³-hybridized carbons (Fsp3) is 0.160. The third-order valence-electron chi connectivity index (χ3n) is 5.27. The maximum absolute atomic E-state index is 12.4. The van der Waals surface area contributed by atoms with Crippen molar-refractivity contribution in [3.8, 4) is 11.5 Å². The van der Waals surface area contributed by atoms with Crippen LogP contribution in [0.3, 0.4) is 0 Å². The fourth-order valence-corrected chi connectivity index (χ4v) is 4.68. The van der Waals surface area contributed by atoms with Gasteiger partial charge in [-0.15, -0.1) is 11.3 Å². The first kappa shape index (κ1) is 29.1. The molecule has 15 heteroatoms. The first-order valence-electron chi connectivity index (χ1n) is 11.5. The van der Waals surface area contributed by atoms with Crippen LogP contribution in [0, 0.1) is 0 Å². The lowest BCUT2D eigenvalue weighted by Crippen LogP contribution is -2.32. The Morgan fingerprint density at radius 1 is 1.18 bits per heavy atom. The van der Waals surface area contributed by atoms with E-state index in [1.807, 2.05) is 35.7 Å². The monoisotopic (exact) mass is 609 g/mol. The Morgan fingerprint density at radius 3 is 2.67 bits per heavy atom. The molecule has 0 bridgehead atoms. The van der Waals surface area contributed by atoms with Gasteiger partial charge in [0.25, 0.3) is 16.0 Å². The second-order valence-electron chi connectivity index (χ2n) is 8.25. The zero-order chi connectivity index (χ0) is 28.9. The van der Waals surface area contributed by atoms with Crippen molar-refractivity contribution >= 4 is 71.6 Å². The van der Waals surface area contributed by atoms with Crippen molar-refractivity contribution in [1.29, 1.82) is 0 Å². The van der Waals surface area contributed by atoms with Crippen molar-refractivity contribution in [1.82, 2.24) is 19.9 Å². The standard InChI is InChI=1S/C24H18ClF2N5O2S.CH4O3S/c25-16-12-14(4-5-19(16)34-18-2-1-3-20-15(18)7-11-35-20)31-23-21-17(29-13-30-23)6-9-32(21)10-8-28-24(33)22(26)27;1-5(2,3)4/h1-7,9,11-13,22H,8,10H2,(H,28,33)(H,29,30,31);1H3,(H,2,3,4). The van der Waals surface area contributed by atoms with Gasteiger partial charge in [-0.25, -0.2) is 9.97 Å². The van der Waals surface area contributed by atoms with Crippen molar-refractivity contribution in [2.45, 2.75) is 13.0 Å². The lowest BCUT2D eigenvalue weighted by atomic mass is 10.2. The molecule has 0 fully saturated rings. The van der Waals surface area contributed by atoms with Crippen molar-refractivity contribution < 1.29 is 31.3 Å². The van der Waals surface area contributed by atoms with E-state index in [2.05, 4.69) is 20.6 Å². The summed E-state index contributed by atoms with van der Waals surface area (Å²) in [4.78, 5) is 19.7. The molecule has 0 atom stereocenters. The third-order valence-corrected chi connectivity index (χ3v) is 6.45. The number of aromatic nitrogens is 3. The van der Waals surface area contributed by atoms with Crippen LogP contribution >= 0.6 is 22.9 Å². The molecule has 40 heavy (non-hydrogen) atoms. The minimum atomic E-state index is -3.67. The minimum absolute atomic E-state index is 0.0377. The van der Waals surface area contributed by atoms with Crippen LogP contribution in [0.4, 0.5) is 20.3 Å². The number of nitrogens with zero attached hydrogens (tertiary/aromatic N) is 3. The highest BCUT2D eigenvalue weighted by atomic mass is 35.5. The molecule has 5 aromatic rings. The van der Waals surface area contributed by atoms with Gasteiger partial charge in [-0.3, -0.25) is 9.35 Å². The number of amides is 1. The molecule has 210 valence electrons. The van der Waals surface area contributed by atoms with Crippen molar-refractivity contribution in [2.24, 2.45) is 0 Å². The van der Waals surface area contributed by atoms with Gasteiger partial charge in [0.05, 0.1) is 16.8 Å². The second kappa shape index (κ2) is 12.6. The maximum atomic E-state index is 12.4. The van der Waals surface area contributed by atoms with Crippen LogP contribution in [0.25, 0.3) is 21.1 Å². The van der Waals surface area contributed by atoms with Crippen LogP contribution in [0.1, 0.15) is 0 Å². The highest BCUT2D eigenvalue weighted by Gasteiger charge is 2.15. The fourth-order valence-electron chi connectivity index (χ4n) is 3.66. The smallest absolute Gasteiger partial charge is 0.315 e. The molecule has 3 aromatic heterocycles. The van der Waals surface area contributed by atoms with Gasteiger partial charge in [0.1, 0.15) is 23.3 Å². The average molecular weight is 610 g/mol. The number of hydrogen-bond acceptors (Lipinski definition) is 8. The van der Waals surface area contributed by atoms with Gasteiger partial charge in [0.2, 0.25) is 0 Å². The van der Waals surface area contributed by atoms with E-state index in [-0.39, 0.29) is 13.1 Å². The van der Waals surface area contributed by atoms with Crippen molar-refractivity contribution in [3.63, 3.8) is 0 Å². The molecule has 3 heterocycles. The largest absolute Gasteiger partial charge is 0.455 e. The molecule has 10 nitrogen and oxygen atoms in total. The normalized spacial score (nSPS) is 11.3. The summed E-state index contributed by atoms with van der Waals surface area (Å²) in [5.74, 6) is 0.443. The summed E-state index contributed by atoms with van der Waals surface area (Å²) in [7, 11) is -3.67. The van der Waals surface area contributed by atoms with E-state index in [9.17, 15) is 22.0 Å². The Balaban J connectivity index is 0.000000681. The van der Waals surface area contributed by atoms with E-state index < -0.39 is 22.5 Å². The summed E-state index contributed by atoms with van der Waals surface area (Å²) in [6, 6.07) is 15.0. The molecule has 0 radical (unpaired) electrons. The predicted octanol–water partition coefficient (Wildman–Crippen LogP) is 5.72. The molecule has 0 aliphatic rings. The number of ether oxygens (including phenoxy) is 1. The Labute approximate surface area is 236 Å². The van der Waals surface area contributed by atoms with Crippen LogP contribution in [0.15, 0.2) is 66.4 Å². The minimum Gasteiger partial charge on any atom is -0.455 e. The summed E-state index contributed by atoms with van der Waals surface area (Å²) >= 11 is 8.16. The number of nitrogens with one attached hydrogen (secondary N) is 2. The summed E-state index contributed by atoms with van der Waals surface area (Å²) in [6.07, 6.45) is 0.849. The number of thiophene rings is 1. The number of fused-ring (bicyclic) bond motifs is 2. The Kier molecular flexibility index (Phi) is 9.14. The number of hydrogen-bond donors (Lipinski definition) is 3. The average Bonchev–Trinajstić information content (AvgIpc) is 3.53. The Morgan fingerprint density at radius 2 is 1.95 bits per heavy atom. The van der Waals surface area contributed by atoms with Gasteiger partial charge in [-0.05, 0) is 47.8 Å². The molecular weight excluding hydrogens is 588 g/mol. The van der Waals surface area contributed by atoms with Crippen LogP contribution in [-0.4, -0.2) is 52.6 Å². The summed E-state index contributed by atoms with van der Waals surface area (Å²) < 4.78 is 59.7. The number of anilines is 2. The molecule has 1 amide bonds. The van der Waals surface area contributed by atoms with E-state index in [1.54, 1.807) is 40.3 Å². The van der Waals surface area contributed by atoms with Gasteiger partial charge in [-0.2, -0.15) is 17.2 Å². The lowest BCUT2D eigenvalue weighted by molar-refractivity contribution is -0.131. The van der Waals surface area contributed by atoms with Gasteiger partial charge >= 0.3 is 6.43 Å². The van der Waals surface area contributed by atoms with E-state index in [4.69, 9.17) is 20.9 Å². The van der Waals surface area contributed by atoms with Crippen molar-refractivity contribution in [3.05, 3.63) is 71.5 Å². The van der Waals surface area contributed by atoms with Gasteiger partial charge < -0.3 is 19.9 Å². The highest BCUT2D eigenvalue weighted by Crippen LogP contribution is 2.37. The quantitative estimate of drug-likeness (QED) is 0.190. The molecule has 0 aliphatic carbocycles. The summed E-state index contributed by atoms with van der Waals surface area (Å²) in [5, 5.41) is 8.87. The first-order valence-corrected chi connectivity index (χ1v) is 14.6. The lowest BCUT2D eigenvalue weighted by Gasteiger charge is -2.13. The van der Waals surface area contributed by atoms with E-state index in [0.717, 1.165) is 15.8 Å². The zero-order valence-electron chi connectivity index (χ0n) is 20.7. The molecule has 3 N–H and O–H groups in total. The van der Waals surface area contributed by atoms with Crippen LogP contribution in [0.5, 0.6) is 11.5 Å². The van der Waals surface area contributed by atoms with Gasteiger partial charge in [0.15, 0.2) is 5.82 Å². The van der Waals surface area contributed by atoms with Gasteiger partial charge in [0, 0.05) is 35.1 Å². The molecule has 0 saturated heterocycles. The molecule has 2 aromatic carbocycles. The topological polar surface area (TPSA) is 135 Å². The van der Waals surface area contributed by atoms with Gasteiger partial charge in [-0.1, -0.05) is 17.7 Å². The third kappa shape index (κ3) is 7.63. The van der Waals surface area contributed by atoms with E-state index in [0.29, 0.717) is 39.6 Å². The molecule has 5 rings (SSSR count). The molecule has 0 unspecified atom stereocenters. The Hall–Kier alpha value is -3.85. The number of carbonyl (C=O) groups excluding carboxylic acids is 1. The van der Waals surface area contributed by atoms with Crippen molar-refractivity contribution in [2.75, 3.05) is 18.1 Å². The summed E-state index contributed by atoms with van der Waals surface area (Å²) in [6.45, 7) is 0.307. The number of halogens is 3. The van der Waals surface area contributed by atoms with Crippen LogP contribution in [0.2, 0.25) is 5.02 Å². The first-order chi connectivity index (χ1) is 19.0. The number of carbonyl (C=O) groups is 1. The van der Waals surface area contributed by atoms with E-state index in [1.165, 1.54) is 6.33 Å². The molecular formula is C25H22ClF2N5O5S2. The second-order valence-corrected chi connectivity index (χ2v) is 11.1. The number of rotatable bonds is 8. The molecule has 0 spiro atoms. The zero-order valence-corrected chi connectivity index (χ0v) is 23.1. The van der Waals surface area contributed by atoms with Crippen LogP contribution < -0.4 is 15.4 Å². The SMILES string of the molecule is CS(=O)(=O)O.O=C(NCCn1ccc2ncnc(Nc3ccc(Oc4cccc5sccc45)c(Cl)c3)c21)C(F)F. The van der Waals surface area contributed by atoms with Crippen LogP contribution in [-0.2, 0) is 21.5 Å². The number of alkyl halides is 2. The number of benzene rings is 2. The maximum Gasteiger partial charge on any atom is 0.315 e. The van der Waals surface area contributed by atoms with E-state index >= 15 is 0 Å². The molecule has 0 saturated carbocycles. The Bertz CT molecular complexity index is 1750.